The van der Waals surface area contributed by atoms with Crippen LogP contribution in [0.25, 0.3) is 0 Å². The molecule has 25 heavy (non-hydrogen) atoms. The fraction of sp³-hybridized carbons (Fsp3) is 0.444. The molecule has 0 atom stereocenters. The largest absolute Gasteiger partial charge is 0.298 e. The third kappa shape index (κ3) is 3.77. The minimum atomic E-state index is -0.546. The zero-order valence-electron chi connectivity index (χ0n) is 13.8. The number of rotatable bonds is 4. The minimum Gasteiger partial charge on any atom is -0.298 e. The summed E-state index contributed by atoms with van der Waals surface area (Å²) in [4.78, 5) is 14.3. The van der Waals surface area contributed by atoms with Crippen LogP contribution in [0.15, 0.2) is 29.1 Å². The number of hydrogen-bond donors (Lipinski definition) is 0. The Kier molecular flexibility index (Phi) is 4.60. The number of fused-ring (bicyclic) bond motifs is 1. The van der Waals surface area contributed by atoms with Gasteiger partial charge in [-0.2, -0.15) is 16.9 Å². The van der Waals surface area contributed by atoms with Gasteiger partial charge in [0.15, 0.2) is 0 Å². The Labute approximate surface area is 148 Å². The molecule has 0 N–H and O–H groups in total. The number of halogens is 2. The number of likely N-dealkylation sites (tertiary alicyclic amines) is 1. The molecule has 4 nitrogen and oxygen atoms in total. The van der Waals surface area contributed by atoms with Crippen LogP contribution in [0.3, 0.4) is 0 Å². The van der Waals surface area contributed by atoms with Gasteiger partial charge in [0, 0.05) is 49.9 Å². The second kappa shape index (κ2) is 6.88. The number of nitrogens with zero attached hydrogens (tertiary/aromatic N) is 3. The van der Waals surface area contributed by atoms with Crippen molar-refractivity contribution in [3.63, 3.8) is 0 Å². The Bertz CT molecular complexity index is 828. The smallest absolute Gasteiger partial charge is 0.267 e. The van der Waals surface area contributed by atoms with Crippen LogP contribution in [0.1, 0.15) is 16.8 Å². The molecule has 3 heterocycles. The molecule has 1 fully saturated rings. The molecule has 0 spiro atoms. The van der Waals surface area contributed by atoms with Gasteiger partial charge in [0.1, 0.15) is 11.6 Å². The fourth-order valence-electron chi connectivity index (χ4n) is 3.51. The van der Waals surface area contributed by atoms with Gasteiger partial charge in [-0.3, -0.25) is 9.69 Å². The summed E-state index contributed by atoms with van der Waals surface area (Å²) in [6.45, 7) is 2.74. The molecule has 1 aromatic heterocycles. The Morgan fingerprint density at radius 2 is 1.92 bits per heavy atom. The molecule has 4 rings (SSSR count). The lowest BCUT2D eigenvalue weighted by atomic mass is 9.99. The summed E-state index contributed by atoms with van der Waals surface area (Å²) in [5.74, 6) is 1.18. The second-order valence-electron chi connectivity index (χ2n) is 6.78. The summed E-state index contributed by atoms with van der Waals surface area (Å²) in [5.41, 5.74) is 2.72. The van der Waals surface area contributed by atoms with Gasteiger partial charge in [0.25, 0.3) is 5.56 Å². The lowest BCUT2D eigenvalue weighted by Crippen LogP contribution is -2.49. The summed E-state index contributed by atoms with van der Waals surface area (Å²) in [6, 6.07) is 5.34. The highest BCUT2D eigenvalue weighted by atomic mass is 32.2. The van der Waals surface area contributed by atoms with Crippen molar-refractivity contribution in [1.82, 2.24) is 14.7 Å². The third-order valence-corrected chi connectivity index (χ3v) is 5.71. The second-order valence-corrected chi connectivity index (χ2v) is 7.88. The first-order valence-corrected chi connectivity index (χ1v) is 9.57. The van der Waals surface area contributed by atoms with Gasteiger partial charge >= 0.3 is 0 Å². The third-order valence-electron chi connectivity index (χ3n) is 4.70. The predicted octanol–water partition coefficient (Wildman–Crippen LogP) is 2.44. The fourth-order valence-corrected chi connectivity index (χ4v) is 4.46. The van der Waals surface area contributed by atoms with Crippen LogP contribution in [-0.4, -0.2) is 33.5 Å². The number of thioether (sulfide) groups is 1. The molecule has 0 unspecified atom stereocenters. The van der Waals surface area contributed by atoms with E-state index in [9.17, 15) is 13.6 Å². The Morgan fingerprint density at radius 3 is 2.68 bits per heavy atom. The van der Waals surface area contributed by atoms with Gasteiger partial charge in [-0.15, -0.1) is 0 Å². The number of benzene rings is 1. The first-order chi connectivity index (χ1) is 12.1. The summed E-state index contributed by atoms with van der Waals surface area (Å²) in [5, 5.41) is 4.54. The number of hydrogen-bond acceptors (Lipinski definition) is 4. The number of aryl methyl sites for hydroxylation is 1. The number of aromatic nitrogens is 2. The zero-order chi connectivity index (χ0) is 17.4. The van der Waals surface area contributed by atoms with E-state index in [2.05, 4.69) is 10.00 Å². The maximum atomic E-state index is 13.2. The van der Waals surface area contributed by atoms with Gasteiger partial charge in [-0.1, -0.05) is 0 Å². The first kappa shape index (κ1) is 16.7. The quantitative estimate of drug-likeness (QED) is 0.836. The summed E-state index contributed by atoms with van der Waals surface area (Å²) < 4.78 is 28.1. The highest BCUT2D eigenvalue weighted by Crippen LogP contribution is 2.23. The van der Waals surface area contributed by atoms with Crippen LogP contribution in [-0.2, 0) is 25.3 Å². The van der Waals surface area contributed by atoms with Crippen LogP contribution in [0, 0.1) is 17.6 Å². The Balaban J connectivity index is 1.36. The SMILES string of the molecule is O=c1cc2c(nn1CC1CN(Cc3cc(F)cc(F)c3)C1)CCSC2. The molecule has 0 bridgehead atoms. The van der Waals surface area contributed by atoms with E-state index in [1.54, 1.807) is 10.7 Å². The van der Waals surface area contributed by atoms with Crippen LogP contribution in [0.4, 0.5) is 8.78 Å². The Hall–Kier alpha value is -1.73. The molecule has 2 aliphatic rings. The van der Waals surface area contributed by atoms with Gasteiger partial charge in [-0.05, 0) is 29.0 Å². The van der Waals surface area contributed by atoms with Crippen LogP contribution >= 0.6 is 11.8 Å². The van der Waals surface area contributed by atoms with E-state index >= 15 is 0 Å². The lowest BCUT2D eigenvalue weighted by molar-refractivity contribution is 0.0763. The molecule has 2 aliphatic heterocycles. The van der Waals surface area contributed by atoms with E-state index in [0.717, 1.165) is 48.3 Å². The molecule has 0 amide bonds. The monoisotopic (exact) mass is 363 g/mol. The van der Waals surface area contributed by atoms with Crippen LogP contribution < -0.4 is 5.56 Å². The Morgan fingerprint density at radius 1 is 1.16 bits per heavy atom. The first-order valence-electron chi connectivity index (χ1n) is 8.42. The molecule has 1 aromatic carbocycles. The maximum absolute atomic E-state index is 13.2. The average molecular weight is 363 g/mol. The highest BCUT2D eigenvalue weighted by molar-refractivity contribution is 7.98. The maximum Gasteiger partial charge on any atom is 0.267 e. The van der Waals surface area contributed by atoms with Crippen LogP contribution in [0.5, 0.6) is 0 Å². The van der Waals surface area contributed by atoms with Gasteiger partial charge in [0.2, 0.25) is 0 Å². The van der Waals surface area contributed by atoms with Crippen molar-refractivity contribution < 1.29 is 8.78 Å². The van der Waals surface area contributed by atoms with Gasteiger partial charge in [0.05, 0.1) is 12.2 Å². The minimum absolute atomic E-state index is 0.0353. The molecule has 7 heteroatoms. The van der Waals surface area contributed by atoms with E-state index in [1.165, 1.54) is 12.1 Å². The normalized spacial score (nSPS) is 18.0. The van der Waals surface area contributed by atoms with E-state index in [1.807, 2.05) is 11.8 Å². The van der Waals surface area contributed by atoms with E-state index in [4.69, 9.17) is 0 Å². The van der Waals surface area contributed by atoms with Crippen molar-refractivity contribution in [2.24, 2.45) is 5.92 Å². The average Bonchev–Trinajstić information content (AvgIpc) is 2.52. The zero-order valence-corrected chi connectivity index (χ0v) is 14.6. The summed E-state index contributed by atoms with van der Waals surface area (Å²) in [7, 11) is 0. The molecule has 132 valence electrons. The predicted molar refractivity (Wildman–Crippen MR) is 93.5 cm³/mol. The van der Waals surface area contributed by atoms with Crippen molar-refractivity contribution in [2.75, 3.05) is 18.8 Å². The molecule has 0 radical (unpaired) electrons. The van der Waals surface area contributed by atoms with Gasteiger partial charge in [-0.25, -0.2) is 13.5 Å². The van der Waals surface area contributed by atoms with Crippen LogP contribution in [0.2, 0.25) is 0 Å². The van der Waals surface area contributed by atoms with Gasteiger partial charge < -0.3 is 0 Å². The molecular weight excluding hydrogens is 344 g/mol. The standard InChI is InChI=1S/C18H19F2N3OS/c19-15-3-12(4-16(20)6-15)7-22-8-13(9-22)10-23-18(24)5-14-11-25-2-1-17(14)21-23/h3-6,13H,1-2,7-11H2. The summed E-state index contributed by atoms with van der Waals surface area (Å²) in [6.07, 6.45) is 0.919. The lowest BCUT2D eigenvalue weighted by Gasteiger charge is -2.39. The molecular formula is C18H19F2N3OS. The van der Waals surface area contributed by atoms with E-state index in [-0.39, 0.29) is 5.56 Å². The van der Waals surface area contributed by atoms with Crippen molar-refractivity contribution in [1.29, 1.82) is 0 Å². The van der Waals surface area contributed by atoms with Crippen molar-refractivity contribution in [2.45, 2.75) is 25.3 Å². The van der Waals surface area contributed by atoms with Crippen molar-refractivity contribution >= 4 is 11.8 Å². The topological polar surface area (TPSA) is 38.1 Å². The van der Waals surface area contributed by atoms with E-state index < -0.39 is 11.6 Å². The summed E-state index contributed by atoms with van der Waals surface area (Å²) >= 11 is 1.84. The highest BCUT2D eigenvalue weighted by Gasteiger charge is 2.28. The molecule has 1 saturated heterocycles. The molecule has 0 saturated carbocycles. The van der Waals surface area contributed by atoms with E-state index in [0.29, 0.717) is 24.6 Å². The van der Waals surface area contributed by atoms with Crippen molar-refractivity contribution in [3.05, 3.63) is 63.1 Å². The van der Waals surface area contributed by atoms with Crippen molar-refractivity contribution in [3.8, 4) is 0 Å². The molecule has 0 aliphatic carbocycles. The molecule has 2 aromatic rings.